The molecule has 0 aliphatic heterocycles. The molecule has 1 amide bonds. The monoisotopic (exact) mass is 467 g/mol. The zero-order valence-electron chi connectivity index (χ0n) is 20.0. The summed E-state index contributed by atoms with van der Waals surface area (Å²) >= 11 is 0. The van der Waals surface area contributed by atoms with Gasteiger partial charge in [0.05, 0.1) is 18.7 Å². The van der Waals surface area contributed by atoms with Crippen LogP contribution in [0.1, 0.15) is 40.0 Å². The number of carbonyl (C=O) groups is 4. The molecule has 0 fully saturated rings. The van der Waals surface area contributed by atoms with Gasteiger partial charge in [0.1, 0.15) is 5.82 Å². The predicted molar refractivity (Wildman–Crippen MR) is 127 cm³/mol. The van der Waals surface area contributed by atoms with E-state index in [4.69, 9.17) is 10.5 Å². The highest BCUT2D eigenvalue weighted by molar-refractivity contribution is 5.73. The fraction of sp³-hybridized carbons (Fsp3) is 0.476. The molecule has 0 radical (unpaired) electrons. The van der Waals surface area contributed by atoms with Gasteiger partial charge in [0.15, 0.2) is 18.4 Å². The number of aryl methyl sites for hydroxylation is 2. The maximum absolute atomic E-state index is 10.5. The lowest BCUT2D eigenvalue weighted by Crippen LogP contribution is -2.14. The molecule has 12 heteroatoms. The number of nitrogens with two attached hydrogens (primary N) is 2. The Balaban J connectivity index is 0. The van der Waals surface area contributed by atoms with Crippen molar-refractivity contribution in [2.24, 2.45) is 25.6 Å². The van der Waals surface area contributed by atoms with E-state index < -0.39 is 0 Å². The summed E-state index contributed by atoms with van der Waals surface area (Å²) in [5.74, 6) is 1.01. The first-order valence-corrected chi connectivity index (χ1v) is 10.2. The number of aromatic nitrogens is 3. The van der Waals surface area contributed by atoms with Gasteiger partial charge in [0.25, 0.3) is 0 Å². The first kappa shape index (κ1) is 31.7. The molecule has 12 nitrogen and oxygen atoms in total. The Morgan fingerprint density at radius 3 is 2.15 bits per heavy atom. The highest BCUT2D eigenvalue weighted by Crippen LogP contribution is 2.04. The maximum Gasteiger partial charge on any atom is 0.307 e. The van der Waals surface area contributed by atoms with Crippen LogP contribution in [0.15, 0.2) is 18.5 Å². The molecule has 0 saturated heterocycles. The molecule has 2 aromatic rings. The number of nitrogens with zero attached hydrogens (tertiary/aromatic N) is 3. The summed E-state index contributed by atoms with van der Waals surface area (Å²) in [6, 6.07) is 1.86. The summed E-state index contributed by atoms with van der Waals surface area (Å²) in [7, 11) is 7.19. The molecule has 0 bridgehead atoms. The highest BCUT2D eigenvalue weighted by Gasteiger charge is 2.00. The summed E-state index contributed by atoms with van der Waals surface area (Å²) in [5.41, 5.74) is 11.4. The van der Waals surface area contributed by atoms with Crippen molar-refractivity contribution in [3.05, 3.63) is 35.5 Å². The summed E-state index contributed by atoms with van der Waals surface area (Å²) in [6.07, 6.45) is 6.80. The second-order valence-corrected chi connectivity index (χ2v) is 6.30. The first-order chi connectivity index (χ1) is 15.8. The van der Waals surface area contributed by atoms with Crippen LogP contribution in [0, 0.1) is 0 Å². The maximum atomic E-state index is 10.5. The molecular weight excluding hydrogens is 430 g/mol. The minimum absolute atomic E-state index is 0.133. The van der Waals surface area contributed by atoms with Crippen LogP contribution in [0.2, 0.25) is 0 Å². The average Bonchev–Trinajstić information content (AvgIpc) is 3.35. The van der Waals surface area contributed by atoms with E-state index in [-0.39, 0.29) is 12.4 Å². The molecule has 0 aromatic carbocycles. The van der Waals surface area contributed by atoms with Gasteiger partial charge in [-0.2, -0.15) is 0 Å². The number of nitrogens with one attached hydrogen (secondary N) is 2. The normalized spacial score (nSPS) is 9.03. The molecule has 0 unspecified atom stereocenters. The van der Waals surface area contributed by atoms with Crippen LogP contribution < -0.4 is 22.1 Å². The van der Waals surface area contributed by atoms with E-state index in [1.807, 2.05) is 19.3 Å². The van der Waals surface area contributed by atoms with E-state index in [9.17, 15) is 14.4 Å². The number of primary amides is 1. The van der Waals surface area contributed by atoms with E-state index >= 15 is 0 Å². The fourth-order valence-electron chi connectivity index (χ4n) is 2.24. The van der Waals surface area contributed by atoms with Crippen molar-refractivity contribution in [1.29, 1.82) is 0 Å². The second kappa shape index (κ2) is 20.4. The van der Waals surface area contributed by atoms with Crippen molar-refractivity contribution in [1.82, 2.24) is 19.4 Å². The van der Waals surface area contributed by atoms with E-state index in [1.54, 1.807) is 43.4 Å². The van der Waals surface area contributed by atoms with E-state index in [0.717, 1.165) is 24.6 Å². The Bertz CT molecular complexity index is 818. The number of hydrogen-bond donors (Lipinski definition) is 4. The van der Waals surface area contributed by atoms with Gasteiger partial charge in [-0.25, -0.2) is 4.98 Å². The third-order valence-corrected chi connectivity index (χ3v) is 3.81. The van der Waals surface area contributed by atoms with Crippen molar-refractivity contribution in [2.45, 2.75) is 19.8 Å². The molecule has 0 aliphatic rings. The molecule has 0 atom stereocenters. The smallest absolute Gasteiger partial charge is 0.307 e. The topological polar surface area (TPSA) is 176 Å². The van der Waals surface area contributed by atoms with E-state index in [0.29, 0.717) is 43.5 Å². The van der Waals surface area contributed by atoms with Crippen LogP contribution in [-0.4, -0.2) is 72.9 Å². The minimum atomic E-state index is -0.133. The van der Waals surface area contributed by atoms with Crippen LogP contribution >= 0.6 is 0 Å². The Hall–Kier alpha value is -3.51. The number of esters is 1. The Kier molecular flexibility index (Phi) is 19.6. The summed E-state index contributed by atoms with van der Waals surface area (Å²) in [6.45, 7) is 3.60. The Morgan fingerprint density at radius 1 is 1.15 bits per heavy atom. The Labute approximate surface area is 194 Å². The number of ether oxygens (including phenoxy) is 1. The third kappa shape index (κ3) is 15.0. The molecule has 2 heterocycles. The molecule has 2 aromatic heterocycles. The first-order valence-electron chi connectivity index (χ1n) is 10.2. The minimum Gasteiger partial charge on any atom is -0.466 e. The van der Waals surface area contributed by atoms with Gasteiger partial charge >= 0.3 is 5.97 Å². The molecule has 2 rings (SSSR count). The Morgan fingerprint density at radius 2 is 1.79 bits per heavy atom. The van der Waals surface area contributed by atoms with Crippen molar-refractivity contribution < 1.29 is 23.9 Å². The van der Waals surface area contributed by atoms with Gasteiger partial charge in [-0.15, -0.1) is 0 Å². The van der Waals surface area contributed by atoms with Gasteiger partial charge in [0.2, 0.25) is 6.41 Å². The van der Waals surface area contributed by atoms with Crippen LogP contribution in [0.3, 0.4) is 0 Å². The summed E-state index contributed by atoms with van der Waals surface area (Å²) < 4.78 is 8.13. The lowest BCUT2D eigenvalue weighted by molar-refractivity contribution is -0.142. The third-order valence-electron chi connectivity index (χ3n) is 3.81. The number of rotatable bonds is 9. The predicted octanol–water partition coefficient (Wildman–Crippen LogP) is -0.126. The van der Waals surface area contributed by atoms with Gasteiger partial charge in [-0.3, -0.25) is 19.2 Å². The van der Waals surface area contributed by atoms with Gasteiger partial charge < -0.3 is 36.0 Å². The second-order valence-electron chi connectivity index (χ2n) is 6.30. The fourth-order valence-corrected chi connectivity index (χ4v) is 2.24. The van der Waals surface area contributed by atoms with Crippen molar-refractivity contribution in [3.63, 3.8) is 0 Å². The van der Waals surface area contributed by atoms with Crippen LogP contribution in [0.5, 0.6) is 0 Å². The SMILES string of the molecule is CCOC(=O)CCNC.CNc1cn(C)c(C=O)n1.Cn1cc(CCN)cc1C=O.NC=O. The number of imidazole rings is 1. The van der Waals surface area contributed by atoms with E-state index in [1.165, 1.54) is 0 Å². The largest absolute Gasteiger partial charge is 0.466 e. The standard InChI is InChI=1S/C8H12N2O.C6H9N3O.C6H13NO2.CH3NO/c1-10-5-7(2-3-9)4-8(10)6-11;1-7-5-3-9(2)6(4-10)8-5;1-3-9-6(8)4-5-7-2;2-1-3/h4-6H,2-3,9H2,1H3;3-4,7H,1-2H3;7H,3-5H2,1-2H3;1H,(H2,2,3). The van der Waals surface area contributed by atoms with Gasteiger partial charge in [-0.05, 0) is 38.6 Å². The van der Waals surface area contributed by atoms with Crippen molar-refractivity contribution in [2.75, 3.05) is 39.1 Å². The zero-order valence-corrected chi connectivity index (χ0v) is 20.0. The molecule has 186 valence electrons. The van der Waals surface area contributed by atoms with Crippen molar-refractivity contribution >= 4 is 30.8 Å². The van der Waals surface area contributed by atoms with E-state index in [2.05, 4.69) is 26.1 Å². The van der Waals surface area contributed by atoms with Crippen LogP contribution in [0.4, 0.5) is 5.82 Å². The number of carbonyl (C=O) groups excluding carboxylic acids is 4. The number of amides is 1. The van der Waals surface area contributed by atoms with Crippen LogP contribution in [0.25, 0.3) is 0 Å². The summed E-state index contributed by atoms with van der Waals surface area (Å²) in [5, 5.41) is 5.69. The molecule has 33 heavy (non-hydrogen) atoms. The number of anilines is 1. The quantitative estimate of drug-likeness (QED) is 0.289. The molecule has 0 saturated carbocycles. The molecule has 0 spiro atoms. The lowest BCUT2D eigenvalue weighted by atomic mass is 10.2. The van der Waals surface area contributed by atoms with Gasteiger partial charge in [-0.1, -0.05) is 0 Å². The highest BCUT2D eigenvalue weighted by atomic mass is 16.5. The molecule has 0 aliphatic carbocycles. The lowest BCUT2D eigenvalue weighted by Gasteiger charge is -1.98. The zero-order chi connectivity index (χ0) is 25.6. The van der Waals surface area contributed by atoms with Crippen molar-refractivity contribution in [3.8, 4) is 0 Å². The molecule has 6 N–H and O–H groups in total. The van der Waals surface area contributed by atoms with Gasteiger partial charge in [0, 0.05) is 40.1 Å². The molecular formula is C21H37N7O5. The average molecular weight is 468 g/mol. The van der Waals surface area contributed by atoms with Crippen LogP contribution in [-0.2, 0) is 34.8 Å². The number of hydrogen-bond acceptors (Lipinski definition) is 9. The number of aldehydes is 2. The summed E-state index contributed by atoms with van der Waals surface area (Å²) in [4.78, 5) is 43.7.